The average molecular weight is 253 g/mol. The zero-order valence-electron chi connectivity index (χ0n) is 9.55. The van der Waals surface area contributed by atoms with Crippen LogP contribution in [-0.2, 0) is 10.0 Å². The van der Waals surface area contributed by atoms with Gasteiger partial charge >= 0.3 is 0 Å². The van der Waals surface area contributed by atoms with E-state index in [1.165, 1.54) is 12.1 Å². The van der Waals surface area contributed by atoms with Gasteiger partial charge in [0.05, 0.1) is 10.5 Å². The lowest BCUT2D eigenvalue weighted by Crippen LogP contribution is -2.36. The van der Waals surface area contributed by atoms with Crippen LogP contribution >= 0.6 is 0 Å². The van der Waals surface area contributed by atoms with Crippen molar-refractivity contribution in [2.45, 2.75) is 24.3 Å². The van der Waals surface area contributed by atoms with Gasteiger partial charge < -0.3 is 5.73 Å². The summed E-state index contributed by atoms with van der Waals surface area (Å²) in [5.74, 6) is 0. The minimum absolute atomic E-state index is 0.00852. The Hall–Kier alpha value is -1.42. The summed E-state index contributed by atoms with van der Waals surface area (Å²) >= 11 is 0. The Morgan fingerprint density at radius 2 is 2.12 bits per heavy atom. The van der Waals surface area contributed by atoms with Crippen LogP contribution in [0.3, 0.4) is 0 Å². The van der Waals surface area contributed by atoms with Gasteiger partial charge in [-0.1, -0.05) is 19.1 Å². The van der Waals surface area contributed by atoms with Gasteiger partial charge in [-0.05, 0) is 18.6 Å². The Bertz CT molecular complexity index is 520. The summed E-state index contributed by atoms with van der Waals surface area (Å²) in [6.45, 7) is 2.04. The fourth-order valence-corrected chi connectivity index (χ4v) is 2.48. The number of rotatable bonds is 5. The van der Waals surface area contributed by atoms with E-state index in [2.05, 4.69) is 4.72 Å². The van der Waals surface area contributed by atoms with Crippen LogP contribution in [0.2, 0.25) is 0 Å². The molecule has 0 heterocycles. The van der Waals surface area contributed by atoms with E-state index in [1.807, 2.05) is 13.0 Å². The van der Waals surface area contributed by atoms with Crippen LogP contribution in [-0.4, -0.2) is 21.0 Å². The van der Waals surface area contributed by atoms with Gasteiger partial charge in [0.25, 0.3) is 0 Å². The number of hydrogen-bond acceptors (Lipinski definition) is 4. The van der Waals surface area contributed by atoms with Crippen LogP contribution in [0.1, 0.15) is 18.9 Å². The minimum Gasteiger partial charge on any atom is -0.327 e. The molecule has 92 valence electrons. The Kier molecular flexibility index (Phi) is 4.63. The molecule has 0 bridgehead atoms. The van der Waals surface area contributed by atoms with Crippen molar-refractivity contribution >= 4 is 10.0 Å². The van der Waals surface area contributed by atoms with Crippen molar-refractivity contribution in [2.24, 2.45) is 5.73 Å². The van der Waals surface area contributed by atoms with Crippen molar-refractivity contribution in [3.05, 3.63) is 29.8 Å². The third kappa shape index (κ3) is 3.53. The molecule has 1 unspecified atom stereocenters. The molecule has 17 heavy (non-hydrogen) atoms. The zero-order chi connectivity index (χ0) is 12.9. The molecule has 6 heteroatoms. The Morgan fingerprint density at radius 3 is 2.71 bits per heavy atom. The van der Waals surface area contributed by atoms with E-state index in [9.17, 15) is 8.42 Å². The van der Waals surface area contributed by atoms with E-state index < -0.39 is 10.0 Å². The quantitative estimate of drug-likeness (QED) is 0.802. The summed E-state index contributed by atoms with van der Waals surface area (Å²) in [6, 6.07) is 7.70. The number of nitrogens with zero attached hydrogens (tertiary/aromatic N) is 1. The van der Waals surface area contributed by atoms with Crippen molar-refractivity contribution in [1.82, 2.24) is 4.72 Å². The number of sulfonamides is 1. The first-order chi connectivity index (χ1) is 8.01. The SMILES string of the molecule is CCC(N)CNS(=O)(=O)c1ccccc1C#N. The monoisotopic (exact) mass is 253 g/mol. The second kappa shape index (κ2) is 5.77. The van der Waals surface area contributed by atoms with Crippen LogP contribution in [0.5, 0.6) is 0 Å². The highest BCUT2D eigenvalue weighted by atomic mass is 32.2. The highest BCUT2D eigenvalue weighted by Gasteiger charge is 2.18. The van der Waals surface area contributed by atoms with E-state index in [0.29, 0.717) is 6.42 Å². The van der Waals surface area contributed by atoms with Crippen molar-refractivity contribution in [2.75, 3.05) is 6.54 Å². The lowest BCUT2D eigenvalue weighted by Gasteiger charge is -2.11. The predicted molar refractivity (Wildman–Crippen MR) is 64.6 cm³/mol. The van der Waals surface area contributed by atoms with E-state index >= 15 is 0 Å². The molecule has 0 radical (unpaired) electrons. The van der Waals surface area contributed by atoms with Crippen LogP contribution in [0.4, 0.5) is 0 Å². The molecule has 1 rings (SSSR count). The Morgan fingerprint density at radius 1 is 1.47 bits per heavy atom. The summed E-state index contributed by atoms with van der Waals surface area (Å²) in [5.41, 5.74) is 5.77. The second-order valence-electron chi connectivity index (χ2n) is 3.63. The van der Waals surface area contributed by atoms with E-state index in [0.717, 1.165) is 0 Å². The number of nitrogens with two attached hydrogens (primary N) is 1. The van der Waals surface area contributed by atoms with Crippen molar-refractivity contribution in [3.8, 4) is 6.07 Å². The Labute approximate surface area is 101 Å². The molecule has 0 fully saturated rings. The smallest absolute Gasteiger partial charge is 0.241 e. The standard InChI is InChI=1S/C11H15N3O2S/c1-2-10(13)8-14-17(15,16)11-6-4-3-5-9(11)7-12/h3-6,10,14H,2,8,13H2,1H3. The van der Waals surface area contributed by atoms with Gasteiger partial charge in [-0.3, -0.25) is 0 Å². The molecule has 0 aromatic heterocycles. The van der Waals surface area contributed by atoms with Crippen molar-refractivity contribution in [1.29, 1.82) is 5.26 Å². The van der Waals surface area contributed by atoms with Crippen molar-refractivity contribution in [3.63, 3.8) is 0 Å². The summed E-state index contributed by atoms with van der Waals surface area (Å²) in [6.07, 6.45) is 0.683. The average Bonchev–Trinajstić information content (AvgIpc) is 2.35. The number of nitriles is 1. The van der Waals surface area contributed by atoms with Crippen LogP contribution < -0.4 is 10.5 Å². The van der Waals surface area contributed by atoms with Gasteiger partial charge in [0.1, 0.15) is 6.07 Å². The van der Waals surface area contributed by atoms with Gasteiger partial charge in [0.15, 0.2) is 0 Å². The maximum atomic E-state index is 11.9. The first-order valence-electron chi connectivity index (χ1n) is 5.25. The Balaban J connectivity index is 2.95. The van der Waals surface area contributed by atoms with Gasteiger partial charge in [-0.25, -0.2) is 13.1 Å². The maximum absolute atomic E-state index is 11.9. The normalized spacial score (nSPS) is 13.0. The van der Waals surface area contributed by atoms with E-state index in [4.69, 9.17) is 11.0 Å². The molecular formula is C11H15N3O2S. The van der Waals surface area contributed by atoms with Gasteiger partial charge in [0, 0.05) is 12.6 Å². The maximum Gasteiger partial charge on any atom is 0.241 e. The van der Waals surface area contributed by atoms with Crippen molar-refractivity contribution < 1.29 is 8.42 Å². The molecule has 1 atom stereocenters. The third-order valence-corrected chi connectivity index (χ3v) is 3.84. The highest BCUT2D eigenvalue weighted by Crippen LogP contribution is 2.13. The number of benzene rings is 1. The first-order valence-corrected chi connectivity index (χ1v) is 6.74. The summed E-state index contributed by atoms with van der Waals surface area (Å²) in [7, 11) is -3.66. The second-order valence-corrected chi connectivity index (χ2v) is 5.36. The molecule has 3 N–H and O–H groups in total. The van der Waals surface area contributed by atoms with Crippen LogP contribution in [0.25, 0.3) is 0 Å². The zero-order valence-corrected chi connectivity index (χ0v) is 10.4. The lowest BCUT2D eigenvalue weighted by atomic mass is 10.2. The van der Waals surface area contributed by atoms with E-state index in [1.54, 1.807) is 12.1 Å². The molecule has 0 aliphatic rings. The largest absolute Gasteiger partial charge is 0.327 e. The summed E-state index contributed by atoms with van der Waals surface area (Å²) in [5, 5.41) is 8.84. The molecule has 0 saturated carbocycles. The highest BCUT2D eigenvalue weighted by molar-refractivity contribution is 7.89. The summed E-state index contributed by atoms with van der Waals surface area (Å²) < 4.78 is 26.2. The van der Waals surface area contributed by atoms with Gasteiger partial charge in [-0.2, -0.15) is 5.26 Å². The molecule has 0 spiro atoms. The van der Waals surface area contributed by atoms with Crippen LogP contribution in [0.15, 0.2) is 29.2 Å². The molecule has 0 aliphatic carbocycles. The molecule has 0 amide bonds. The number of nitrogens with one attached hydrogen (secondary N) is 1. The molecule has 1 aromatic carbocycles. The van der Waals surface area contributed by atoms with Gasteiger partial charge in [0.2, 0.25) is 10.0 Å². The first kappa shape index (κ1) is 13.6. The number of hydrogen-bond donors (Lipinski definition) is 2. The van der Waals surface area contributed by atoms with Gasteiger partial charge in [-0.15, -0.1) is 0 Å². The lowest BCUT2D eigenvalue weighted by molar-refractivity contribution is 0.563. The minimum atomic E-state index is -3.66. The molecule has 5 nitrogen and oxygen atoms in total. The molecule has 0 saturated heterocycles. The predicted octanol–water partition coefficient (Wildman–Crippen LogP) is 0.574. The summed E-state index contributed by atoms with van der Waals surface area (Å²) in [4.78, 5) is -0.00852. The van der Waals surface area contributed by atoms with E-state index in [-0.39, 0.29) is 23.0 Å². The topological polar surface area (TPSA) is 96.0 Å². The third-order valence-electron chi connectivity index (χ3n) is 2.36. The fourth-order valence-electron chi connectivity index (χ4n) is 1.23. The fraction of sp³-hybridized carbons (Fsp3) is 0.364. The molecule has 0 aliphatic heterocycles. The molecule has 1 aromatic rings. The van der Waals surface area contributed by atoms with Crippen LogP contribution in [0, 0.1) is 11.3 Å². The molecular weight excluding hydrogens is 238 g/mol.